The van der Waals surface area contributed by atoms with E-state index >= 15 is 0 Å². The third kappa shape index (κ3) is 4.24. The van der Waals surface area contributed by atoms with E-state index in [0.717, 1.165) is 0 Å². The van der Waals surface area contributed by atoms with Crippen molar-refractivity contribution < 1.29 is 23.1 Å². The number of nitrogens with one attached hydrogen (secondary N) is 1. The molecule has 0 aliphatic rings. The lowest BCUT2D eigenvalue weighted by Crippen LogP contribution is -2.26. The van der Waals surface area contributed by atoms with E-state index in [1.165, 1.54) is 31.7 Å². The maximum atomic E-state index is 13.9. The van der Waals surface area contributed by atoms with Crippen molar-refractivity contribution >= 4 is 45.9 Å². The van der Waals surface area contributed by atoms with Crippen molar-refractivity contribution in [3.05, 3.63) is 51.6 Å². The number of fused-ring (bicyclic) bond motifs is 1. The van der Waals surface area contributed by atoms with Crippen LogP contribution in [-0.2, 0) is 4.74 Å². The van der Waals surface area contributed by atoms with Gasteiger partial charge in [-0.3, -0.25) is 4.79 Å². The summed E-state index contributed by atoms with van der Waals surface area (Å²) >= 11 is 12.2. The highest BCUT2D eigenvalue weighted by Crippen LogP contribution is 2.39. The average Bonchev–Trinajstić information content (AvgIpc) is 3.12. The maximum Gasteiger partial charge on any atom is 0.255 e. The van der Waals surface area contributed by atoms with E-state index in [9.17, 15) is 9.18 Å². The molecule has 154 valence electrons. The minimum absolute atomic E-state index is 0.0358. The number of nitrogens with two attached hydrogens (primary N) is 1. The molecule has 0 aliphatic heterocycles. The van der Waals surface area contributed by atoms with Gasteiger partial charge < -0.3 is 24.9 Å². The van der Waals surface area contributed by atoms with Crippen molar-refractivity contribution in [3.8, 4) is 5.75 Å². The predicted octanol–water partition coefficient (Wildman–Crippen LogP) is 4.37. The molecular weight excluding hydrogens is 424 g/mol. The third-order valence-corrected chi connectivity index (χ3v) is 4.93. The molecular formula is C19H18Cl2FN3O4. The number of ether oxygens (including phenoxy) is 2. The zero-order chi connectivity index (χ0) is 21.1. The monoisotopic (exact) mass is 441 g/mol. The van der Waals surface area contributed by atoms with Crippen molar-refractivity contribution in [1.82, 2.24) is 10.3 Å². The van der Waals surface area contributed by atoms with Crippen LogP contribution in [0.3, 0.4) is 0 Å². The van der Waals surface area contributed by atoms with Crippen LogP contribution in [-0.4, -0.2) is 31.2 Å². The number of amides is 1. The van der Waals surface area contributed by atoms with Crippen LogP contribution in [0.1, 0.15) is 28.9 Å². The van der Waals surface area contributed by atoms with Gasteiger partial charge in [0, 0.05) is 30.4 Å². The molecule has 0 bridgehead atoms. The molecule has 29 heavy (non-hydrogen) atoms. The second-order valence-corrected chi connectivity index (χ2v) is 6.92. The molecule has 0 aliphatic carbocycles. The van der Waals surface area contributed by atoms with Crippen LogP contribution >= 0.6 is 23.2 Å². The van der Waals surface area contributed by atoms with Crippen LogP contribution in [0.25, 0.3) is 11.0 Å². The first-order chi connectivity index (χ1) is 13.8. The number of rotatable bonds is 7. The van der Waals surface area contributed by atoms with Crippen molar-refractivity contribution in [2.75, 3.05) is 26.0 Å². The quantitative estimate of drug-likeness (QED) is 0.417. The highest BCUT2D eigenvalue weighted by Gasteiger charge is 2.24. The molecule has 0 spiro atoms. The Morgan fingerprint density at radius 2 is 2.17 bits per heavy atom. The summed E-state index contributed by atoms with van der Waals surface area (Å²) in [6.07, 6.45) is 1.93. The Balaban J connectivity index is 1.95. The van der Waals surface area contributed by atoms with Gasteiger partial charge in [0.1, 0.15) is 18.2 Å². The number of hydrogen-bond acceptors (Lipinski definition) is 6. The number of halogens is 3. The Morgan fingerprint density at radius 1 is 1.41 bits per heavy atom. The average molecular weight is 442 g/mol. The molecule has 0 saturated carbocycles. The maximum absolute atomic E-state index is 13.9. The van der Waals surface area contributed by atoms with Gasteiger partial charge in [-0.05, 0) is 19.1 Å². The number of methoxy groups -OCH3 is 1. The van der Waals surface area contributed by atoms with Gasteiger partial charge in [-0.25, -0.2) is 9.37 Å². The smallest absolute Gasteiger partial charge is 0.255 e. The molecule has 3 aromatic rings. The van der Waals surface area contributed by atoms with Gasteiger partial charge in [0.05, 0.1) is 22.6 Å². The summed E-state index contributed by atoms with van der Waals surface area (Å²) < 4.78 is 30.2. The largest absolute Gasteiger partial charge is 0.478 e. The Morgan fingerprint density at radius 3 is 2.90 bits per heavy atom. The van der Waals surface area contributed by atoms with E-state index in [0.29, 0.717) is 18.5 Å². The summed E-state index contributed by atoms with van der Waals surface area (Å²) in [4.78, 5) is 16.4. The SMILES string of the molecule is COCCNC(=O)c1coc2c(OC(C)c3c(Cl)ccc(F)c3Cl)c(N)ncc12. The van der Waals surface area contributed by atoms with Gasteiger partial charge >= 0.3 is 0 Å². The fraction of sp³-hybridized carbons (Fsp3) is 0.263. The van der Waals surface area contributed by atoms with Crippen molar-refractivity contribution in [2.24, 2.45) is 0 Å². The van der Waals surface area contributed by atoms with Crippen LogP contribution in [0.2, 0.25) is 10.0 Å². The van der Waals surface area contributed by atoms with E-state index in [4.69, 9.17) is 42.8 Å². The third-order valence-electron chi connectivity index (χ3n) is 4.22. The van der Waals surface area contributed by atoms with Crippen LogP contribution in [0.5, 0.6) is 5.75 Å². The molecule has 7 nitrogen and oxygen atoms in total. The molecule has 1 atom stereocenters. The van der Waals surface area contributed by atoms with E-state index in [1.54, 1.807) is 6.92 Å². The molecule has 3 rings (SSSR count). The lowest BCUT2D eigenvalue weighted by molar-refractivity contribution is 0.0938. The number of carbonyl (C=O) groups is 1. The van der Waals surface area contributed by atoms with Gasteiger partial charge in [-0.15, -0.1) is 0 Å². The van der Waals surface area contributed by atoms with Crippen molar-refractivity contribution in [2.45, 2.75) is 13.0 Å². The van der Waals surface area contributed by atoms with Gasteiger partial charge in [0.2, 0.25) is 5.75 Å². The second kappa shape index (κ2) is 8.86. The first kappa shape index (κ1) is 21.2. The van der Waals surface area contributed by atoms with Crippen LogP contribution < -0.4 is 15.8 Å². The number of hydrogen-bond donors (Lipinski definition) is 2. The summed E-state index contributed by atoms with van der Waals surface area (Å²) in [5, 5.41) is 3.19. The topological polar surface area (TPSA) is 99.6 Å². The molecule has 10 heteroatoms. The fourth-order valence-electron chi connectivity index (χ4n) is 2.78. The molecule has 1 amide bonds. The number of anilines is 1. The Labute approximate surface area is 175 Å². The van der Waals surface area contributed by atoms with Crippen LogP contribution in [0, 0.1) is 5.82 Å². The summed E-state index contributed by atoms with van der Waals surface area (Å²) in [7, 11) is 1.54. The molecule has 2 aromatic heterocycles. The highest BCUT2D eigenvalue weighted by atomic mass is 35.5. The first-order valence-corrected chi connectivity index (χ1v) is 9.33. The summed E-state index contributed by atoms with van der Waals surface area (Å²) in [6.45, 7) is 2.33. The normalized spacial score (nSPS) is 12.2. The zero-order valence-corrected chi connectivity index (χ0v) is 17.1. The van der Waals surface area contributed by atoms with Gasteiger partial charge in [0.25, 0.3) is 5.91 Å². The number of nitrogen functional groups attached to an aromatic ring is 1. The number of aromatic nitrogens is 1. The lowest BCUT2D eigenvalue weighted by atomic mass is 10.1. The highest BCUT2D eigenvalue weighted by molar-refractivity contribution is 6.36. The van der Waals surface area contributed by atoms with E-state index in [-0.39, 0.29) is 44.2 Å². The number of carbonyl (C=O) groups excluding carboxylic acids is 1. The van der Waals surface area contributed by atoms with E-state index < -0.39 is 11.9 Å². The summed E-state index contributed by atoms with van der Waals surface area (Å²) in [5.74, 6) is -0.850. The van der Waals surface area contributed by atoms with Gasteiger partial charge in [0.15, 0.2) is 11.4 Å². The molecule has 0 radical (unpaired) electrons. The number of nitrogens with zero attached hydrogens (tertiary/aromatic N) is 1. The van der Waals surface area contributed by atoms with Crippen molar-refractivity contribution in [1.29, 1.82) is 0 Å². The molecule has 1 unspecified atom stereocenters. The summed E-state index contributed by atoms with van der Waals surface area (Å²) in [6, 6.07) is 2.55. The van der Waals surface area contributed by atoms with Gasteiger partial charge in [-0.1, -0.05) is 23.2 Å². The Kier molecular flexibility index (Phi) is 6.46. The van der Waals surface area contributed by atoms with Crippen molar-refractivity contribution in [3.63, 3.8) is 0 Å². The Bertz CT molecular complexity index is 1060. The minimum Gasteiger partial charge on any atom is -0.478 e. The minimum atomic E-state index is -0.774. The summed E-state index contributed by atoms with van der Waals surface area (Å²) in [5.41, 5.74) is 6.70. The molecule has 1 aromatic carbocycles. The molecule has 2 heterocycles. The predicted molar refractivity (Wildman–Crippen MR) is 108 cm³/mol. The fourth-order valence-corrected chi connectivity index (χ4v) is 3.46. The zero-order valence-electron chi connectivity index (χ0n) is 15.6. The van der Waals surface area contributed by atoms with Crippen LogP contribution in [0.4, 0.5) is 10.2 Å². The second-order valence-electron chi connectivity index (χ2n) is 6.13. The number of benzene rings is 1. The number of furan rings is 1. The molecule has 0 saturated heterocycles. The Hall–Kier alpha value is -2.55. The van der Waals surface area contributed by atoms with Gasteiger partial charge in [-0.2, -0.15) is 0 Å². The van der Waals surface area contributed by atoms with E-state index in [2.05, 4.69) is 10.3 Å². The number of pyridine rings is 1. The lowest BCUT2D eigenvalue weighted by Gasteiger charge is -2.18. The first-order valence-electron chi connectivity index (χ1n) is 8.58. The van der Waals surface area contributed by atoms with Crippen LogP contribution in [0.15, 0.2) is 29.0 Å². The molecule has 0 fully saturated rings. The van der Waals surface area contributed by atoms with E-state index in [1.807, 2.05) is 0 Å². The standard InChI is InChI=1S/C19H18Cl2FN3O4/c1-9(14-12(20)3-4-13(22)15(14)21)29-17-16-10(7-25-18(17)23)11(8-28-16)19(26)24-5-6-27-2/h3-4,7-9H,5-6H2,1-2H3,(H2,23,25)(H,24,26). The molecule has 3 N–H and O–H groups in total.